The molecule has 0 radical (unpaired) electrons. The summed E-state index contributed by atoms with van der Waals surface area (Å²) in [6.07, 6.45) is 2.50. The van der Waals surface area contributed by atoms with Crippen LogP contribution in [0, 0.1) is 5.92 Å². The molecule has 1 saturated heterocycles. The topological polar surface area (TPSA) is 30.5 Å². The van der Waals surface area contributed by atoms with E-state index in [9.17, 15) is 0 Å². The highest BCUT2D eigenvalue weighted by Gasteiger charge is 2.14. The van der Waals surface area contributed by atoms with Gasteiger partial charge in [-0.1, -0.05) is 0 Å². The molecular formula is C13H19BrClNO2. The predicted octanol–water partition coefficient (Wildman–Crippen LogP) is 3.26. The Labute approximate surface area is 123 Å². The molecule has 0 spiro atoms. The van der Waals surface area contributed by atoms with E-state index in [1.165, 1.54) is 12.8 Å². The van der Waals surface area contributed by atoms with Crippen LogP contribution in [0.3, 0.4) is 0 Å². The second-order valence-electron chi connectivity index (χ2n) is 4.32. The van der Waals surface area contributed by atoms with Crippen LogP contribution in [-0.4, -0.2) is 26.8 Å². The Morgan fingerprint density at radius 1 is 1.44 bits per heavy atom. The molecule has 1 N–H and O–H groups in total. The van der Waals surface area contributed by atoms with Gasteiger partial charge in [0, 0.05) is 12.5 Å². The maximum absolute atomic E-state index is 5.83. The maximum atomic E-state index is 5.83. The zero-order valence-corrected chi connectivity index (χ0v) is 12.9. The van der Waals surface area contributed by atoms with Gasteiger partial charge in [0.15, 0.2) is 0 Å². The van der Waals surface area contributed by atoms with Crippen LogP contribution in [-0.2, 0) is 0 Å². The summed E-state index contributed by atoms with van der Waals surface area (Å²) in [5, 5.41) is 3.39. The molecule has 102 valence electrons. The molecule has 1 aromatic carbocycles. The number of hydrogen-bond acceptors (Lipinski definition) is 3. The molecule has 1 unspecified atom stereocenters. The quantitative estimate of drug-likeness (QED) is 0.915. The Morgan fingerprint density at radius 2 is 2.28 bits per heavy atom. The van der Waals surface area contributed by atoms with Gasteiger partial charge in [0.25, 0.3) is 0 Å². The fourth-order valence-electron chi connectivity index (χ4n) is 2.00. The smallest absolute Gasteiger partial charge is 0.133 e. The van der Waals surface area contributed by atoms with Crippen LogP contribution in [0.4, 0.5) is 0 Å². The van der Waals surface area contributed by atoms with E-state index in [1.807, 2.05) is 18.2 Å². The van der Waals surface area contributed by atoms with E-state index in [0.717, 1.165) is 35.7 Å². The highest BCUT2D eigenvalue weighted by molar-refractivity contribution is 9.10. The van der Waals surface area contributed by atoms with Gasteiger partial charge in [-0.2, -0.15) is 0 Å². The van der Waals surface area contributed by atoms with Crippen LogP contribution in [0.1, 0.15) is 12.8 Å². The number of benzene rings is 1. The molecule has 1 heterocycles. The van der Waals surface area contributed by atoms with Crippen molar-refractivity contribution < 1.29 is 9.47 Å². The van der Waals surface area contributed by atoms with Crippen LogP contribution >= 0.6 is 28.3 Å². The molecule has 1 fully saturated rings. The van der Waals surface area contributed by atoms with Crippen molar-refractivity contribution in [2.75, 3.05) is 26.8 Å². The minimum absolute atomic E-state index is 0. The van der Waals surface area contributed by atoms with Gasteiger partial charge in [0.1, 0.15) is 11.5 Å². The van der Waals surface area contributed by atoms with Crippen LogP contribution in [0.2, 0.25) is 0 Å². The normalized spacial score (nSPS) is 18.9. The summed E-state index contributed by atoms with van der Waals surface area (Å²) in [4.78, 5) is 0. The van der Waals surface area contributed by atoms with Crippen molar-refractivity contribution in [3.05, 3.63) is 22.7 Å². The maximum Gasteiger partial charge on any atom is 0.133 e. The van der Waals surface area contributed by atoms with Crippen molar-refractivity contribution in [1.29, 1.82) is 0 Å². The molecule has 1 aliphatic rings. The lowest BCUT2D eigenvalue weighted by Gasteiger charge is -2.23. The first kappa shape index (κ1) is 15.6. The molecule has 0 bridgehead atoms. The third-order valence-electron chi connectivity index (χ3n) is 3.01. The largest absolute Gasteiger partial charge is 0.497 e. The second kappa shape index (κ2) is 7.87. The van der Waals surface area contributed by atoms with E-state index < -0.39 is 0 Å². The first-order chi connectivity index (χ1) is 8.29. The number of ether oxygens (including phenoxy) is 2. The molecule has 3 nitrogen and oxygen atoms in total. The summed E-state index contributed by atoms with van der Waals surface area (Å²) < 4.78 is 11.9. The van der Waals surface area contributed by atoms with Crippen molar-refractivity contribution in [1.82, 2.24) is 5.32 Å². The van der Waals surface area contributed by atoms with Gasteiger partial charge >= 0.3 is 0 Å². The summed E-state index contributed by atoms with van der Waals surface area (Å²) in [5.41, 5.74) is 0. The summed E-state index contributed by atoms with van der Waals surface area (Å²) in [6.45, 7) is 2.98. The van der Waals surface area contributed by atoms with Gasteiger partial charge in [0.05, 0.1) is 18.2 Å². The first-order valence-electron chi connectivity index (χ1n) is 5.96. The minimum Gasteiger partial charge on any atom is -0.497 e. The number of nitrogens with one attached hydrogen (secondary N) is 1. The second-order valence-corrected chi connectivity index (χ2v) is 5.17. The third-order valence-corrected chi connectivity index (χ3v) is 3.63. The van der Waals surface area contributed by atoms with Crippen LogP contribution in [0.25, 0.3) is 0 Å². The predicted molar refractivity (Wildman–Crippen MR) is 79.0 cm³/mol. The van der Waals surface area contributed by atoms with E-state index in [1.54, 1.807) is 7.11 Å². The molecule has 5 heteroatoms. The van der Waals surface area contributed by atoms with E-state index in [-0.39, 0.29) is 12.4 Å². The molecule has 18 heavy (non-hydrogen) atoms. The van der Waals surface area contributed by atoms with Crippen molar-refractivity contribution in [3.8, 4) is 11.5 Å². The molecule has 0 saturated carbocycles. The molecule has 0 aromatic heterocycles. The Balaban J connectivity index is 0.00000162. The van der Waals surface area contributed by atoms with E-state index in [2.05, 4.69) is 21.2 Å². The highest BCUT2D eigenvalue weighted by atomic mass is 79.9. The monoisotopic (exact) mass is 335 g/mol. The van der Waals surface area contributed by atoms with Crippen LogP contribution in [0.15, 0.2) is 22.7 Å². The molecule has 1 aromatic rings. The fourth-order valence-corrected chi connectivity index (χ4v) is 2.47. The van der Waals surface area contributed by atoms with Gasteiger partial charge in [-0.05, 0) is 53.5 Å². The molecule has 1 atom stereocenters. The number of rotatable bonds is 4. The molecule has 0 aliphatic carbocycles. The summed E-state index contributed by atoms with van der Waals surface area (Å²) in [6, 6.07) is 5.78. The van der Waals surface area contributed by atoms with Gasteiger partial charge in [-0.15, -0.1) is 12.4 Å². The van der Waals surface area contributed by atoms with E-state index in [4.69, 9.17) is 9.47 Å². The zero-order chi connectivity index (χ0) is 12.1. The van der Waals surface area contributed by atoms with Gasteiger partial charge < -0.3 is 14.8 Å². The van der Waals surface area contributed by atoms with Crippen molar-refractivity contribution in [2.45, 2.75) is 12.8 Å². The molecule has 1 aliphatic heterocycles. The molecular weight excluding hydrogens is 318 g/mol. The number of hydrogen-bond donors (Lipinski definition) is 1. The van der Waals surface area contributed by atoms with Crippen molar-refractivity contribution in [3.63, 3.8) is 0 Å². The summed E-state index contributed by atoms with van der Waals surface area (Å²) in [7, 11) is 1.66. The average molecular weight is 337 g/mol. The van der Waals surface area contributed by atoms with Gasteiger partial charge in [0.2, 0.25) is 0 Å². The van der Waals surface area contributed by atoms with Gasteiger partial charge in [-0.25, -0.2) is 0 Å². The summed E-state index contributed by atoms with van der Waals surface area (Å²) >= 11 is 3.49. The summed E-state index contributed by atoms with van der Waals surface area (Å²) in [5.74, 6) is 2.35. The molecule has 0 amide bonds. The first-order valence-corrected chi connectivity index (χ1v) is 6.76. The van der Waals surface area contributed by atoms with E-state index >= 15 is 0 Å². The van der Waals surface area contributed by atoms with Crippen LogP contribution < -0.4 is 14.8 Å². The lowest BCUT2D eigenvalue weighted by Crippen LogP contribution is -2.33. The average Bonchev–Trinajstić information content (AvgIpc) is 2.38. The zero-order valence-electron chi connectivity index (χ0n) is 10.4. The Kier molecular flexibility index (Phi) is 6.82. The Morgan fingerprint density at radius 3 is 2.89 bits per heavy atom. The Bertz CT molecular complexity index is 370. The lowest BCUT2D eigenvalue weighted by molar-refractivity contribution is 0.217. The number of methoxy groups -OCH3 is 1. The molecule has 2 rings (SSSR count). The lowest BCUT2D eigenvalue weighted by atomic mass is 10.0. The van der Waals surface area contributed by atoms with Crippen molar-refractivity contribution >= 4 is 28.3 Å². The van der Waals surface area contributed by atoms with Crippen molar-refractivity contribution in [2.24, 2.45) is 5.92 Å². The van der Waals surface area contributed by atoms with Gasteiger partial charge in [-0.3, -0.25) is 0 Å². The highest BCUT2D eigenvalue weighted by Crippen LogP contribution is 2.29. The minimum atomic E-state index is 0. The fraction of sp³-hybridized carbons (Fsp3) is 0.538. The van der Waals surface area contributed by atoms with Crippen LogP contribution in [0.5, 0.6) is 11.5 Å². The SMILES string of the molecule is COc1ccc(OCC2CCCNC2)c(Br)c1.Cl. The third kappa shape index (κ3) is 4.34. The number of halogens is 2. The Hall–Kier alpha value is -0.450. The van der Waals surface area contributed by atoms with E-state index in [0.29, 0.717) is 5.92 Å². The standard InChI is InChI=1S/C13H18BrNO2.ClH/c1-16-11-4-5-13(12(14)7-11)17-9-10-3-2-6-15-8-10;/h4-5,7,10,15H,2-3,6,8-9H2,1H3;1H. The number of piperidine rings is 1.